The van der Waals surface area contributed by atoms with Gasteiger partial charge in [-0.3, -0.25) is 4.79 Å². The zero-order valence-electron chi connectivity index (χ0n) is 16.3. The minimum atomic E-state index is -3.34. The average molecular weight is 414 g/mol. The van der Waals surface area contributed by atoms with Crippen molar-refractivity contribution in [3.63, 3.8) is 0 Å². The fourth-order valence-corrected chi connectivity index (χ4v) is 5.40. The van der Waals surface area contributed by atoms with E-state index in [1.54, 1.807) is 10.4 Å². The number of quaternary nitrogens is 1. The summed E-state index contributed by atoms with van der Waals surface area (Å²) in [7, 11) is -3.34. The molecule has 1 saturated heterocycles. The fraction of sp³-hybridized carbons (Fsp3) is 0.333. The summed E-state index contributed by atoms with van der Waals surface area (Å²) in [5.41, 5.74) is 1.34. The first-order valence-corrected chi connectivity index (χ1v) is 11.4. The number of H-pyrrole nitrogens is 1. The third-order valence-corrected chi connectivity index (χ3v) is 7.45. The van der Waals surface area contributed by atoms with E-state index in [1.807, 2.05) is 55.5 Å². The van der Waals surface area contributed by atoms with Crippen LogP contribution in [0, 0.1) is 0 Å². The van der Waals surface area contributed by atoms with Crippen molar-refractivity contribution in [2.75, 3.05) is 26.2 Å². The van der Waals surface area contributed by atoms with Crippen LogP contribution in [0.4, 0.5) is 0 Å². The molecule has 0 radical (unpaired) electrons. The third kappa shape index (κ3) is 4.24. The number of sulfonamides is 1. The Bertz CT molecular complexity index is 1150. The highest BCUT2D eigenvalue weighted by Gasteiger charge is 2.32. The maximum atomic E-state index is 12.7. The Labute approximate surface area is 170 Å². The highest BCUT2D eigenvalue weighted by Crippen LogP contribution is 2.12. The summed E-state index contributed by atoms with van der Waals surface area (Å²) < 4.78 is 27.1. The Hall–Kier alpha value is -2.55. The highest BCUT2D eigenvalue weighted by atomic mass is 32.2. The summed E-state index contributed by atoms with van der Waals surface area (Å²) in [6, 6.07) is 16.5. The minimum Gasteiger partial charge on any atom is -0.324 e. The molecule has 1 fully saturated rings. The Kier molecular flexibility index (Phi) is 5.49. The quantitative estimate of drug-likeness (QED) is 0.645. The Morgan fingerprint density at radius 3 is 2.45 bits per heavy atom. The van der Waals surface area contributed by atoms with Crippen LogP contribution in [0.15, 0.2) is 59.4 Å². The zero-order valence-corrected chi connectivity index (χ0v) is 17.2. The summed E-state index contributed by atoms with van der Waals surface area (Å²) in [6.45, 7) is 4.30. The molecule has 8 heteroatoms. The second-order valence-electron chi connectivity index (χ2n) is 7.49. The summed E-state index contributed by atoms with van der Waals surface area (Å²) in [4.78, 5) is 21.1. The van der Waals surface area contributed by atoms with Crippen molar-refractivity contribution in [2.24, 2.45) is 0 Å². The smallest absolute Gasteiger partial charge is 0.258 e. The molecule has 0 saturated carbocycles. The number of nitrogens with zero attached hydrogens (tertiary/aromatic N) is 2. The summed E-state index contributed by atoms with van der Waals surface area (Å²) in [6.07, 6.45) is 0. The van der Waals surface area contributed by atoms with Gasteiger partial charge in [-0.2, -0.15) is 4.31 Å². The van der Waals surface area contributed by atoms with Crippen molar-refractivity contribution in [1.82, 2.24) is 14.3 Å². The molecule has 1 aliphatic heterocycles. The van der Waals surface area contributed by atoms with E-state index < -0.39 is 10.0 Å². The molecule has 2 N–H and O–H groups in total. The van der Waals surface area contributed by atoms with Gasteiger partial charge < -0.3 is 9.88 Å². The molecule has 0 aliphatic carbocycles. The molecular weight excluding hydrogens is 388 g/mol. The molecular formula is C21H25N4O3S+. The lowest BCUT2D eigenvalue weighted by Crippen LogP contribution is -3.14. The third-order valence-electron chi connectivity index (χ3n) is 5.60. The van der Waals surface area contributed by atoms with Crippen molar-refractivity contribution in [1.29, 1.82) is 0 Å². The lowest BCUT2D eigenvalue weighted by Gasteiger charge is -2.34. The standard InChI is InChI=1S/C21H24N4O3S/c1-16(20-22-19-10-6-5-9-18(19)21(26)23-20)24-11-13-25(14-12-24)29(27,28)15-17-7-3-2-4-8-17/h2-10,16H,11-15H2,1H3,(H,22,23,26)/p+1/t16-/m1/s1. The Morgan fingerprint density at radius 2 is 1.72 bits per heavy atom. The molecule has 0 bridgehead atoms. The van der Waals surface area contributed by atoms with Crippen molar-refractivity contribution in [3.8, 4) is 0 Å². The molecule has 1 atom stereocenters. The van der Waals surface area contributed by atoms with E-state index in [0.717, 1.165) is 5.56 Å². The predicted octanol–water partition coefficient (Wildman–Crippen LogP) is 0.715. The second-order valence-corrected chi connectivity index (χ2v) is 9.46. The summed E-state index contributed by atoms with van der Waals surface area (Å²) in [5.74, 6) is 0.669. The van der Waals surface area contributed by atoms with E-state index in [2.05, 4.69) is 9.97 Å². The molecule has 2 heterocycles. The van der Waals surface area contributed by atoms with Gasteiger partial charge in [0, 0.05) is 0 Å². The number of rotatable bonds is 5. The molecule has 1 aliphatic rings. The van der Waals surface area contributed by atoms with E-state index in [1.165, 1.54) is 4.90 Å². The fourth-order valence-electron chi connectivity index (χ4n) is 3.86. The number of para-hydroxylation sites is 1. The number of aromatic nitrogens is 2. The molecule has 7 nitrogen and oxygen atoms in total. The molecule has 0 spiro atoms. The average Bonchev–Trinajstić information content (AvgIpc) is 2.74. The van der Waals surface area contributed by atoms with E-state index in [0.29, 0.717) is 42.9 Å². The summed E-state index contributed by atoms with van der Waals surface area (Å²) >= 11 is 0. The van der Waals surface area contributed by atoms with Gasteiger partial charge in [0.25, 0.3) is 5.56 Å². The van der Waals surface area contributed by atoms with Gasteiger partial charge in [-0.05, 0) is 24.6 Å². The predicted molar refractivity (Wildman–Crippen MR) is 112 cm³/mol. The van der Waals surface area contributed by atoms with Crippen molar-refractivity contribution < 1.29 is 13.3 Å². The topological polar surface area (TPSA) is 87.6 Å². The SMILES string of the molecule is C[C@H](c1nc2ccccc2c(=O)[nH]1)[NH+]1CCN(S(=O)(=O)Cc2ccccc2)CC1. The van der Waals surface area contributed by atoms with Crippen LogP contribution in [0.3, 0.4) is 0 Å². The van der Waals surface area contributed by atoms with E-state index in [9.17, 15) is 13.2 Å². The number of nitrogens with one attached hydrogen (secondary N) is 2. The van der Waals surface area contributed by atoms with Gasteiger partial charge in [-0.15, -0.1) is 0 Å². The Balaban J connectivity index is 1.45. The number of benzene rings is 2. The Morgan fingerprint density at radius 1 is 1.07 bits per heavy atom. The maximum Gasteiger partial charge on any atom is 0.258 e. The number of hydrogen-bond donors (Lipinski definition) is 2. The van der Waals surface area contributed by atoms with Gasteiger partial charge in [-0.1, -0.05) is 42.5 Å². The lowest BCUT2D eigenvalue weighted by atomic mass is 10.2. The molecule has 4 rings (SSSR count). The molecule has 3 aromatic rings. The first-order chi connectivity index (χ1) is 13.9. The lowest BCUT2D eigenvalue weighted by molar-refractivity contribution is -0.933. The maximum absolute atomic E-state index is 12.7. The number of fused-ring (bicyclic) bond motifs is 1. The van der Waals surface area contributed by atoms with Crippen LogP contribution >= 0.6 is 0 Å². The largest absolute Gasteiger partial charge is 0.324 e. The van der Waals surface area contributed by atoms with Crippen molar-refractivity contribution in [3.05, 3.63) is 76.3 Å². The first kappa shape index (κ1) is 19.8. The molecule has 29 heavy (non-hydrogen) atoms. The molecule has 0 amide bonds. The number of aromatic amines is 1. The van der Waals surface area contributed by atoms with Crippen LogP contribution < -0.4 is 10.5 Å². The number of piperazine rings is 1. The zero-order chi connectivity index (χ0) is 20.4. The molecule has 152 valence electrons. The second kappa shape index (κ2) is 8.06. The van der Waals surface area contributed by atoms with Gasteiger partial charge in [0.2, 0.25) is 10.0 Å². The normalized spacial score (nSPS) is 17.4. The van der Waals surface area contributed by atoms with Crippen LogP contribution in [0.25, 0.3) is 10.9 Å². The summed E-state index contributed by atoms with van der Waals surface area (Å²) in [5, 5.41) is 0.579. The minimum absolute atomic E-state index is 0.0220. The van der Waals surface area contributed by atoms with Crippen LogP contribution in [0.5, 0.6) is 0 Å². The van der Waals surface area contributed by atoms with E-state index in [4.69, 9.17) is 0 Å². The van der Waals surface area contributed by atoms with Gasteiger partial charge in [0.15, 0.2) is 5.82 Å². The monoisotopic (exact) mass is 413 g/mol. The van der Waals surface area contributed by atoms with Crippen LogP contribution in [-0.4, -0.2) is 48.9 Å². The molecule has 2 aromatic carbocycles. The van der Waals surface area contributed by atoms with E-state index >= 15 is 0 Å². The molecule has 0 unspecified atom stereocenters. The van der Waals surface area contributed by atoms with Gasteiger partial charge in [0.05, 0.1) is 42.8 Å². The van der Waals surface area contributed by atoms with Crippen molar-refractivity contribution >= 4 is 20.9 Å². The van der Waals surface area contributed by atoms with Gasteiger partial charge >= 0.3 is 0 Å². The molecule has 1 aromatic heterocycles. The van der Waals surface area contributed by atoms with Gasteiger partial charge in [0.1, 0.15) is 6.04 Å². The van der Waals surface area contributed by atoms with Crippen LogP contribution in [-0.2, 0) is 15.8 Å². The van der Waals surface area contributed by atoms with E-state index in [-0.39, 0.29) is 17.4 Å². The van der Waals surface area contributed by atoms with Gasteiger partial charge in [-0.25, -0.2) is 13.4 Å². The van der Waals surface area contributed by atoms with Crippen LogP contribution in [0.1, 0.15) is 24.4 Å². The number of hydrogen-bond acceptors (Lipinski definition) is 4. The van der Waals surface area contributed by atoms with Crippen LogP contribution in [0.2, 0.25) is 0 Å². The van der Waals surface area contributed by atoms with Crippen molar-refractivity contribution in [2.45, 2.75) is 18.7 Å². The first-order valence-electron chi connectivity index (χ1n) is 9.79. The highest BCUT2D eigenvalue weighted by molar-refractivity contribution is 7.88.